The summed E-state index contributed by atoms with van der Waals surface area (Å²) < 4.78 is 0.915. The van der Waals surface area contributed by atoms with Crippen LogP contribution in [-0.4, -0.2) is 10.4 Å². The van der Waals surface area contributed by atoms with Crippen LogP contribution in [-0.2, 0) is 0 Å². The summed E-state index contributed by atoms with van der Waals surface area (Å²) in [5.41, 5.74) is 0.747. The molecular formula is C8H7Br2ClO. The molecule has 0 aliphatic heterocycles. The first-order chi connectivity index (χ1) is 5.65. The maximum Gasteiger partial charge on any atom is 0.0901 e. The molecule has 0 aliphatic rings. The molecule has 1 N–H and O–H groups in total. The molecular weight excluding hydrogens is 307 g/mol. The third kappa shape index (κ3) is 2.46. The Bertz CT molecular complexity index is 278. The van der Waals surface area contributed by atoms with Gasteiger partial charge in [0, 0.05) is 20.4 Å². The predicted molar refractivity (Wildman–Crippen MR) is 57.9 cm³/mol. The van der Waals surface area contributed by atoms with Crippen LogP contribution in [0.4, 0.5) is 0 Å². The van der Waals surface area contributed by atoms with Gasteiger partial charge in [-0.1, -0.05) is 49.5 Å². The topological polar surface area (TPSA) is 20.2 Å². The molecule has 12 heavy (non-hydrogen) atoms. The summed E-state index contributed by atoms with van der Waals surface area (Å²) >= 11 is 12.4. The van der Waals surface area contributed by atoms with Gasteiger partial charge in [0.2, 0.25) is 0 Å². The fourth-order valence-electron chi connectivity index (χ4n) is 0.855. The fourth-order valence-corrected chi connectivity index (χ4v) is 2.00. The van der Waals surface area contributed by atoms with Gasteiger partial charge in [-0.2, -0.15) is 0 Å². The van der Waals surface area contributed by atoms with Crippen LogP contribution >= 0.6 is 43.5 Å². The fraction of sp³-hybridized carbons (Fsp3) is 0.250. The van der Waals surface area contributed by atoms with Gasteiger partial charge in [0.1, 0.15) is 0 Å². The number of halogens is 3. The number of benzene rings is 1. The maximum atomic E-state index is 9.45. The summed E-state index contributed by atoms with van der Waals surface area (Å²) in [5.74, 6) is 0. The molecule has 1 rings (SSSR count). The van der Waals surface area contributed by atoms with Gasteiger partial charge in [0.15, 0.2) is 0 Å². The van der Waals surface area contributed by atoms with Gasteiger partial charge < -0.3 is 5.11 Å². The molecule has 1 aromatic carbocycles. The minimum Gasteiger partial charge on any atom is -0.387 e. The van der Waals surface area contributed by atoms with Crippen molar-refractivity contribution in [3.63, 3.8) is 0 Å². The zero-order valence-corrected chi connectivity index (χ0v) is 10.0. The van der Waals surface area contributed by atoms with Gasteiger partial charge in [-0.05, 0) is 12.1 Å². The van der Waals surface area contributed by atoms with Crippen molar-refractivity contribution in [2.45, 2.75) is 6.10 Å². The van der Waals surface area contributed by atoms with Crippen molar-refractivity contribution in [3.8, 4) is 0 Å². The number of hydrogen-bond acceptors (Lipinski definition) is 1. The van der Waals surface area contributed by atoms with E-state index in [-0.39, 0.29) is 0 Å². The van der Waals surface area contributed by atoms with Crippen LogP contribution < -0.4 is 0 Å². The minimum absolute atomic E-state index is 0.494. The first kappa shape index (κ1) is 10.5. The van der Waals surface area contributed by atoms with Crippen LogP contribution in [0, 0.1) is 0 Å². The Kier molecular flexibility index (Phi) is 4.03. The molecule has 66 valence electrons. The van der Waals surface area contributed by atoms with Crippen LogP contribution in [0.5, 0.6) is 0 Å². The molecule has 0 saturated heterocycles. The van der Waals surface area contributed by atoms with Crippen LogP contribution in [0.2, 0.25) is 5.02 Å². The third-order valence-corrected chi connectivity index (χ3v) is 2.90. The second kappa shape index (κ2) is 4.61. The molecule has 0 saturated carbocycles. The summed E-state index contributed by atoms with van der Waals surface area (Å²) in [7, 11) is 0. The van der Waals surface area contributed by atoms with E-state index in [2.05, 4.69) is 31.9 Å². The van der Waals surface area contributed by atoms with Gasteiger partial charge in [0.05, 0.1) is 6.10 Å². The number of rotatable bonds is 2. The molecule has 0 unspecified atom stereocenters. The molecule has 1 nitrogen and oxygen atoms in total. The smallest absolute Gasteiger partial charge is 0.0901 e. The van der Waals surface area contributed by atoms with E-state index in [0.717, 1.165) is 10.0 Å². The minimum atomic E-state index is -0.536. The second-order valence-electron chi connectivity index (χ2n) is 2.34. The van der Waals surface area contributed by atoms with Crippen molar-refractivity contribution >= 4 is 43.5 Å². The number of alkyl halides is 1. The molecule has 0 heterocycles. The van der Waals surface area contributed by atoms with Crippen LogP contribution in [0.15, 0.2) is 22.7 Å². The number of aliphatic hydroxyl groups excluding tert-OH is 1. The van der Waals surface area contributed by atoms with E-state index in [4.69, 9.17) is 11.6 Å². The lowest BCUT2D eigenvalue weighted by atomic mass is 10.1. The molecule has 1 aromatic rings. The number of hydrogen-bond donors (Lipinski definition) is 1. The van der Waals surface area contributed by atoms with Gasteiger partial charge in [-0.15, -0.1) is 0 Å². The Balaban J connectivity index is 3.01. The molecule has 1 atom stereocenters. The van der Waals surface area contributed by atoms with Crippen LogP contribution in [0.1, 0.15) is 11.7 Å². The van der Waals surface area contributed by atoms with Gasteiger partial charge >= 0.3 is 0 Å². The highest BCUT2D eigenvalue weighted by molar-refractivity contribution is 9.10. The Morgan fingerprint density at radius 2 is 2.17 bits per heavy atom. The predicted octanol–water partition coefficient (Wildman–Crippen LogP) is 3.53. The van der Waals surface area contributed by atoms with Crippen LogP contribution in [0.25, 0.3) is 0 Å². The molecule has 4 heteroatoms. The van der Waals surface area contributed by atoms with E-state index in [1.807, 2.05) is 6.07 Å². The van der Waals surface area contributed by atoms with E-state index in [0.29, 0.717) is 10.4 Å². The molecule has 0 radical (unpaired) electrons. The van der Waals surface area contributed by atoms with E-state index < -0.39 is 6.10 Å². The first-order valence-electron chi connectivity index (χ1n) is 3.34. The summed E-state index contributed by atoms with van der Waals surface area (Å²) in [6.45, 7) is 0. The van der Waals surface area contributed by atoms with Crippen LogP contribution in [0.3, 0.4) is 0 Å². The maximum absolute atomic E-state index is 9.45. The second-order valence-corrected chi connectivity index (χ2v) is 4.31. The highest BCUT2D eigenvalue weighted by Crippen LogP contribution is 2.27. The normalized spacial score (nSPS) is 13.0. The van der Waals surface area contributed by atoms with E-state index in [9.17, 15) is 5.11 Å². The molecule has 0 fully saturated rings. The lowest BCUT2D eigenvalue weighted by Crippen LogP contribution is -1.98. The molecule has 0 aromatic heterocycles. The van der Waals surface area contributed by atoms with Crippen molar-refractivity contribution < 1.29 is 5.11 Å². The lowest BCUT2D eigenvalue weighted by Gasteiger charge is -2.09. The average molecular weight is 314 g/mol. The highest BCUT2D eigenvalue weighted by atomic mass is 79.9. The van der Waals surface area contributed by atoms with Crippen molar-refractivity contribution in [2.75, 3.05) is 5.33 Å². The summed E-state index contributed by atoms with van der Waals surface area (Å²) in [5, 5.41) is 10.5. The molecule has 0 bridgehead atoms. The zero-order valence-electron chi connectivity index (χ0n) is 6.10. The van der Waals surface area contributed by atoms with E-state index in [1.165, 1.54) is 0 Å². The lowest BCUT2D eigenvalue weighted by molar-refractivity contribution is 0.205. The Labute approximate surface area is 93.0 Å². The van der Waals surface area contributed by atoms with Crippen molar-refractivity contribution in [3.05, 3.63) is 33.3 Å². The first-order valence-corrected chi connectivity index (χ1v) is 5.63. The Hall–Kier alpha value is 0.430. The van der Waals surface area contributed by atoms with E-state index in [1.54, 1.807) is 12.1 Å². The monoisotopic (exact) mass is 312 g/mol. The largest absolute Gasteiger partial charge is 0.387 e. The van der Waals surface area contributed by atoms with Crippen molar-refractivity contribution in [1.29, 1.82) is 0 Å². The summed E-state index contributed by atoms with van der Waals surface area (Å²) in [4.78, 5) is 0. The molecule has 0 amide bonds. The standard InChI is InChI=1S/C8H7Br2ClO/c9-4-8(12)6-2-1-5(10)3-7(6)11/h1-3,8,12H,4H2/t8-/m1/s1. The third-order valence-electron chi connectivity index (χ3n) is 1.47. The SMILES string of the molecule is O[C@H](CBr)c1ccc(Br)cc1Cl. The van der Waals surface area contributed by atoms with Gasteiger partial charge in [0.25, 0.3) is 0 Å². The number of aliphatic hydroxyl groups is 1. The van der Waals surface area contributed by atoms with Gasteiger partial charge in [-0.3, -0.25) is 0 Å². The summed E-state index contributed by atoms with van der Waals surface area (Å²) in [6.07, 6.45) is -0.536. The average Bonchev–Trinajstić information content (AvgIpc) is 2.03. The highest BCUT2D eigenvalue weighted by Gasteiger charge is 2.09. The summed E-state index contributed by atoms with van der Waals surface area (Å²) in [6, 6.07) is 5.42. The quantitative estimate of drug-likeness (QED) is 0.828. The molecule has 0 spiro atoms. The molecule has 0 aliphatic carbocycles. The van der Waals surface area contributed by atoms with Crippen molar-refractivity contribution in [1.82, 2.24) is 0 Å². The Morgan fingerprint density at radius 3 is 2.67 bits per heavy atom. The Morgan fingerprint density at radius 1 is 1.50 bits per heavy atom. The van der Waals surface area contributed by atoms with Gasteiger partial charge in [-0.25, -0.2) is 0 Å². The van der Waals surface area contributed by atoms with E-state index >= 15 is 0 Å². The zero-order chi connectivity index (χ0) is 9.14. The van der Waals surface area contributed by atoms with Crippen molar-refractivity contribution in [2.24, 2.45) is 0 Å².